The molecule has 1 aromatic carbocycles. The molecule has 0 heterocycles. The van der Waals surface area contributed by atoms with Gasteiger partial charge in [-0.05, 0) is 36.2 Å². The number of hydrogen-bond donors (Lipinski definition) is 0. The predicted molar refractivity (Wildman–Crippen MR) is 84.2 cm³/mol. The Morgan fingerprint density at radius 1 is 1.06 bits per heavy atom. The van der Waals surface area contributed by atoms with Gasteiger partial charge in [0.1, 0.15) is 0 Å². The van der Waals surface area contributed by atoms with E-state index in [0.717, 1.165) is 10.7 Å². The van der Waals surface area contributed by atoms with Crippen molar-refractivity contribution >= 4 is 31.9 Å². The van der Waals surface area contributed by atoms with Crippen LogP contribution in [0.4, 0.5) is 0 Å². The van der Waals surface area contributed by atoms with Gasteiger partial charge in [0.05, 0.1) is 0 Å². The fourth-order valence-corrected chi connectivity index (χ4v) is 4.84. The minimum absolute atomic E-state index is 0.398. The summed E-state index contributed by atoms with van der Waals surface area (Å²) in [4.78, 5) is 0. The van der Waals surface area contributed by atoms with E-state index in [2.05, 4.69) is 76.0 Å². The molecule has 0 radical (unpaired) electrons. The molecule has 0 aromatic heterocycles. The molecule has 0 bridgehead atoms. The Balaban J connectivity index is 2.48. The summed E-state index contributed by atoms with van der Waals surface area (Å²) >= 11 is 7.38. The van der Waals surface area contributed by atoms with Gasteiger partial charge in [-0.15, -0.1) is 0 Å². The standard InChI is InChI=1S/C15H22Br2/c1-13(2)15(11-16,12-17)10-6-9-14-7-4-3-5-8-14/h3-5,7-8,13H,6,9-12H2,1-2H3. The second kappa shape index (κ2) is 7.58. The summed E-state index contributed by atoms with van der Waals surface area (Å²) < 4.78 is 0. The highest BCUT2D eigenvalue weighted by Gasteiger charge is 2.30. The van der Waals surface area contributed by atoms with Crippen LogP contribution in [0, 0.1) is 11.3 Å². The predicted octanol–water partition coefficient (Wildman–Crippen LogP) is 5.44. The van der Waals surface area contributed by atoms with Crippen LogP contribution in [0.5, 0.6) is 0 Å². The molecule has 0 aliphatic rings. The fraction of sp³-hybridized carbons (Fsp3) is 0.600. The van der Waals surface area contributed by atoms with Crippen molar-refractivity contribution in [2.75, 3.05) is 10.7 Å². The Bertz CT molecular complexity index is 302. The zero-order valence-electron chi connectivity index (χ0n) is 10.8. The monoisotopic (exact) mass is 360 g/mol. The van der Waals surface area contributed by atoms with Crippen molar-refractivity contribution in [3.63, 3.8) is 0 Å². The Hall–Kier alpha value is 0.180. The minimum Gasteiger partial charge on any atom is -0.0922 e. The largest absolute Gasteiger partial charge is 0.0922 e. The van der Waals surface area contributed by atoms with Gasteiger partial charge in [-0.2, -0.15) is 0 Å². The Morgan fingerprint density at radius 2 is 1.65 bits per heavy atom. The molecule has 0 aliphatic carbocycles. The third kappa shape index (κ3) is 4.40. The summed E-state index contributed by atoms with van der Waals surface area (Å²) in [5.41, 5.74) is 1.85. The molecular weight excluding hydrogens is 340 g/mol. The van der Waals surface area contributed by atoms with Crippen molar-refractivity contribution in [3.8, 4) is 0 Å². The lowest BCUT2D eigenvalue weighted by Crippen LogP contribution is -2.31. The highest BCUT2D eigenvalue weighted by Crippen LogP contribution is 2.37. The third-order valence-corrected chi connectivity index (χ3v) is 5.97. The lowest BCUT2D eigenvalue weighted by molar-refractivity contribution is 0.242. The molecule has 0 unspecified atom stereocenters. The molecule has 96 valence electrons. The molecule has 1 aromatic rings. The molecule has 0 saturated heterocycles. The van der Waals surface area contributed by atoms with E-state index >= 15 is 0 Å². The van der Waals surface area contributed by atoms with Crippen LogP contribution in [0.2, 0.25) is 0 Å². The quantitative estimate of drug-likeness (QED) is 0.567. The van der Waals surface area contributed by atoms with Gasteiger partial charge in [0.2, 0.25) is 0 Å². The van der Waals surface area contributed by atoms with E-state index in [0.29, 0.717) is 11.3 Å². The number of hydrogen-bond acceptors (Lipinski definition) is 0. The van der Waals surface area contributed by atoms with E-state index in [1.165, 1.54) is 24.8 Å². The van der Waals surface area contributed by atoms with Crippen LogP contribution in [0.1, 0.15) is 32.3 Å². The summed E-state index contributed by atoms with van der Waals surface area (Å²) in [5, 5.41) is 2.16. The maximum Gasteiger partial charge on any atom is 0.00984 e. The first-order valence-corrected chi connectivity index (χ1v) is 8.55. The number of rotatable bonds is 7. The highest BCUT2D eigenvalue weighted by atomic mass is 79.9. The average Bonchev–Trinajstić information content (AvgIpc) is 2.36. The summed E-state index contributed by atoms with van der Waals surface area (Å²) in [5.74, 6) is 0.706. The first-order valence-electron chi connectivity index (χ1n) is 6.30. The maximum atomic E-state index is 3.69. The summed E-state index contributed by atoms with van der Waals surface area (Å²) in [7, 11) is 0. The molecule has 0 amide bonds. The van der Waals surface area contributed by atoms with Gasteiger partial charge in [-0.25, -0.2) is 0 Å². The molecule has 0 aliphatic heterocycles. The normalized spacial score (nSPS) is 12.1. The van der Waals surface area contributed by atoms with Crippen LogP contribution < -0.4 is 0 Å². The summed E-state index contributed by atoms with van der Waals surface area (Å²) in [6.07, 6.45) is 3.73. The molecule has 0 N–H and O–H groups in total. The van der Waals surface area contributed by atoms with Crippen molar-refractivity contribution < 1.29 is 0 Å². The lowest BCUT2D eigenvalue weighted by Gasteiger charge is -2.34. The smallest absolute Gasteiger partial charge is 0.00984 e. The van der Waals surface area contributed by atoms with Gasteiger partial charge < -0.3 is 0 Å². The van der Waals surface area contributed by atoms with Gasteiger partial charge in [0.15, 0.2) is 0 Å². The number of alkyl halides is 2. The molecule has 0 saturated carbocycles. The molecule has 2 heteroatoms. The average molecular weight is 362 g/mol. The molecule has 0 spiro atoms. The van der Waals surface area contributed by atoms with E-state index in [4.69, 9.17) is 0 Å². The Labute approximate surface area is 122 Å². The molecular formula is C15H22Br2. The first-order chi connectivity index (χ1) is 8.14. The van der Waals surface area contributed by atoms with Crippen molar-refractivity contribution in [2.45, 2.75) is 33.1 Å². The fourth-order valence-electron chi connectivity index (χ4n) is 2.06. The van der Waals surface area contributed by atoms with Crippen LogP contribution in [-0.2, 0) is 6.42 Å². The van der Waals surface area contributed by atoms with E-state index in [9.17, 15) is 0 Å². The lowest BCUT2D eigenvalue weighted by atomic mass is 9.77. The third-order valence-electron chi connectivity index (χ3n) is 3.74. The maximum absolute atomic E-state index is 3.69. The van der Waals surface area contributed by atoms with Crippen molar-refractivity contribution in [3.05, 3.63) is 35.9 Å². The van der Waals surface area contributed by atoms with E-state index in [-0.39, 0.29) is 0 Å². The zero-order chi connectivity index (χ0) is 12.7. The van der Waals surface area contributed by atoms with E-state index < -0.39 is 0 Å². The van der Waals surface area contributed by atoms with Crippen LogP contribution >= 0.6 is 31.9 Å². The second-order valence-corrected chi connectivity index (χ2v) is 6.24. The summed E-state index contributed by atoms with van der Waals surface area (Å²) in [6, 6.07) is 10.8. The van der Waals surface area contributed by atoms with Gasteiger partial charge in [0, 0.05) is 10.7 Å². The molecule has 0 fully saturated rings. The van der Waals surface area contributed by atoms with E-state index in [1.807, 2.05) is 0 Å². The van der Waals surface area contributed by atoms with Crippen LogP contribution in [0.3, 0.4) is 0 Å². The zero-order valence-corrected chi connectivity index (χ0v) is 13.9. The summed E-state index contributed by atoms with van der Waals surface area (Å²) in [6.45, 7) is 4.65. The second-order valence-electron chi connectivity index (χ2n) is 5.12. The molecule has 1 rings (SSSR count). The van der Waals surface area contributed by atoms with Crippen LogP contribution in [0.15, 0.2) is 30.3 Å². The molecule has 0 atom stereocenters. The Morgan fingerprint density at radius 3 is 2.12 bits per heavy atom. The molecule has 17 heavy (non-hydrogen) atoms. The molecule has 0 nitrogen and oxygen atoms in total. The SMILES string of the molecule is CC(C)C(CBr)(CBr)CCCc1ccccc1. The number of halogens is 2. The van der Waals surface area contributed by atoms with Gasteiger partial charge in [-0.1, -0.05) is 76.0 Å². The number of aryl methyl sites for hydroxylation is 1. The van der Waals surface area contributed by atoms with Gasteiger partial charge >= 0.3 is 0 Å². The van der Waals surface area contributed by atoms with Crippen LogP contribution in [0.25, 0.3) is 0 Å². The van der Waals surface area contributed by atoms with Crippen molar-refractivity contribution in [1.29, 1.82) is 0 Å². The highest BCUT2D eigenvalue weighted by molar-refractivity contribution is 9.09. The van der Waals surface area contributed by atoms with Gasteiger partial charge in [0.25, 0.3) is 0 Å². The minimum atomic E-state index is 0.398. The van der Waals surface area contributed by atoms with Gasteiger partial charge in [-0.3, -0.25) is 0 Å². The van der Waals surface area contributed by atoms with Crippen molar-refractivity contribution in [2.24, 2.45) is 11.3 Å². The first kappa shape index (κ1) is 15.2. The van der Waals surface area contributed by atoms with E-state index in [1.54, 1.807) is 0 Å². The van der Waals surface area contributed by atoms with Crippen molar-refractivity contribution in [1.82, 2.24) is 0 Å². The van der Waals surface area contributed by atoms with Crippen LogP contribution in [-0.4, -0.2) is 10.7 Å². The topological polar surface area (TPSA) is 0 Å². The number of benzene rings is 1. The Kier molecular flexibility index (Phi) is 6.79.